The van der Waals surface area contributed by atoms with Gasteiger partial charge in [0.15, 0.2) is 5.76 Å². The van der Waals surface area contributed by atoms with Crippen LogP contribution in [-0.2, 0) is 5.75 Å². The van der Waals surface area contributed by atoms with Gasteiger partial charge in [0, 0.05) is 5.75 Å². The summed E-state index contributed by atoms with van der Waals surface area (Å²) in [6.45, 7) is 0. The molecule has 0 unspecified atom stereocenters. The van der Waals surface area contributed by atoms with Gasteiger partial charge in [-0.1, -0.05) is 36.4 Å². The van der Waals surface area contributed by atoms with Gasteiger partial charge in [-0.2, -0.15) is 0 Å². The Morgan fingerprint density at radius 1 is 1.08 bits per heavy atom. The van der Waals surface area contributed by atoms with Gasteiger partial charge in [-0.25, -0.2) is 0 Å². The highest BCUT2D eigenvalue weighted by Crippen LogP contribution is 2.22. The van der Waals surface area contributed by atoms with Gasteiger partial charge >= 0.3 is 0 Å². The van der Waals surface area contributed by atoms with E-state index in [2.05, 4.69) is 5.32 Å². The lowest BCUT2D eigenvalue weighted by Crippen LogP contribution is -2.38. The normalized spacial score (nSPS) is 11.8. The maximum Gasteiger partial charge on any atom is 0.288 e. The van der Waals surface area contributed by atoms with E-state index in [0.717, 1.165) is 5.56 Å². The Kier molecular flexibility index (Phi) is 5.51. The number of amides is 1. The number of thiophene rings is 1. The molecule has 1 N–H and O–H groups in total. The Morgan fingerprint density at radius 3 is 2.58 bits per heavy atom. The first-order chi connectivity index (χ1) is 11.7. The molecule has 0 spiro atoms. The quantitative estimate of drug-likeness (QED) is 0.508. The van der Waals surface area contributed by atoms with Crippen molar-refractivity contribution in [2.45, 2.75) is 11.1 Å². The van der Waals surface area contributed by atoms with E-state index in [1.165, 1.54) is 29.4 Å². The number of nitrogens with one attached hydrogen (secondary N) is 1. The minimum Gasteiger partial charge on any atom is -0.459 e. The molecule has 1 aromatic carbocycles. The van der Waals surface area contributed by atoms with Crippen LogP contribution in [0.15, 0.2) is 70.7 Å². The number of carbonyl (C=O) groups is 2. The van der Waals surface area contributed by atoms with Crippen LogP contribution in [0.2, 0.25) is 0 Å². The number of carbonyl (C=O) groups excluding carboxylic acids is 2. The van der Waals surface area contributed by atoms with Gasteiger partial charge in [0.1, 0.15) is 5.37 Å². The Morgan fingerprint density at radius 2 is 1.92 bits per heavy atom. The molecular formula is C18H15NO3S2. The van der Waals surface area contributed by atoms with Crippen molar-refractivity contribution in [3.63, 3.8) is 0 Å². The number of thioether (sulfide) groups is 1. The highest BCUT2D eigenvalue weighted by Gasteiger charge is 2.24. The second kappa shape index (κ2) is 7.99. The number of hydrogen-bond acceptors (Lipinski definition) is 5. The van der Waals surface area contributed by atoms with E-state index >= 15 is 0 Å². The SMILES string of the molecule is O=C(N[C@@H](SCc1ccccc1)C(=O)c1cccs1)c1ccco1. The van der Waals surface area contributed by atoms with Gasteiger partial charge in [0.25, 0.3) is 5.91 Å². The smallest absolute Gasteiger partial charge is 0.288 e. The molecule has 0 bridgehead atoms. The summed E-state index contributed by atoms with van der Waals surface area (Å²) in [6, 6.07) is 16.6. The number of Topliss-reactive ketones (excluding diaryl/α,β-unsaturated/α-hetero) is 1. The molecule has 122 valence electrons. The highest BCUT2D eigenvalue weighted by molar-refractivity contribution is 7.99. The Bertz CT molecular complexity index is 783. The van der Waals surface area contributed by atoms with Crippen molar-refractivity contribution in [2.75, 3.05) is 0 Å². The zero-order valence-corrected chi connectivity index (χ0v) is 14.3. The second-order valence-electron chi connectivity index (χ2n) is 4.97. The van der Waals surface area contributed by atoms with Gasteiger partial charge < -0.3 is 9.73 Å². The first kappa shape index (κ1) is 16.5. The van der Waals surface area contributed by atoms with Crippen LogP contribution in [0.1, 0.15) is 25.8 Å². The summed E-state index contributed by atoms with van der Waals surface area (Å²) >= 11 is 2.76. The molecule has 1 atom stereocenters. The fourth-order valence-electron chi connectivity index (χ4n) is 2.08. The molecule has 6 heteroatoms. The lowest BCUT2D eigenvalue weighted by Gasteiger charge is -2.16. The van der Waals surface area contributed by atoms with E-state index in [-0.39, 0.29) is 11.5 Å². The fraction of sp³-hybridized carbons (Fsp3) is 0.111. The van der Waals surface area contributed by atoms with Crippen molar-refractivity contribution in [2.24, 2.45) is 0 Å². The van der Waals surface area contributed by atoms with Crippen LogP contribution in [0, 0.1) is 0 Å². The first-order valence-corrected chi connectivity index (χ1v) is 9.24. The molecule has 3 rings (SSSR count). The van der Waals surface area contributed by atoms with E-state index in [4.69, 9.17) is 4.42 Å². The molecule has 0 aliphatic carbocycles. The summed E-state index contributed by atoms with van der Waals surface area (Å²) in [4.78, 5) is 25.5. The Balaban J connectivity index is 1.73. The summed E-state index contributed by atoms with van der Waals surface area (Å²) in [5.74, 6) is 0.321. The molecule has 2 heterocycles. The molecule has 3 aromatic rings. The van der Waals surface area contributed by atoms with Crippen molar-refractivity contribution < 1.29 is 14.0 Å². The summed E-state index contributed by atoms with van der Waals surface area (Å²) in [7, 11) is 0. The number of hydrogen-bond donors (Lipinski definition) is 1. The number of ketones is 1. The Hall–Kier alpha value is -2.31. The van der Waals surface area contributed by atoms with E-state index in [1.54, 1.807) is 18.2 Å². The molecule has 0 radical (unpaired) electrons. The van der Waals surface area contributed by atoms with E-state index < -0.39 is 11.3 Å². The zero-order valence-electron chi connectivity index (χ0n) is 12.7. The van der Waals surface area contributed by atoms with Gasteiger partial charge in [0.2, 0.25) is 5.78 Å². The van der Waals surface area contributed by atoms with Crippen molar-refractivity contribution in [3.8, 4) is 0 Å². The molecule has 2 aromatic heterocycles. The van der Waals surface area contributed by atoms with Crippen LogP contribution < -0.4 is 5.32 Å². The van der Waals surface area contributed by atoms with Crippen LogP contribution in [-0.4, -0.2) is 17.1 Å². The molecule has 0 saturated heterocycles. The monoisotopic (exact) mass is 357 g/mol. The molecule has 1 amide bonds. The number of rotatable bonds is 7. The average Bonchev–Trinajstić information content (AvgIpc) is 3.32. The highest BCUT2D eigenvalue weighted by atomic mass is 32.2. The first-order valence-electron chi connectivity index (χ1n) is 7.31. The van der Waals surface area contributed by atoms with Crippen molar-refractivity contribution in [3.05, 3.63) is 82.4 Å². The van der Waals surface area contributed by atoms with Crippen molar-refractivity contribution >= 4 is 34.8 Å². The molecular weight excluding hydrogens is 342 g/mol. The minimum atomic E-state index is -0.665. The molecule has 0 saturated carbocycles. The molecule has 24 heavy (non-hydrogen) atoms. The summed E-state index contributed by atoms with van der Waals surface area (Å²) in [5, 5.41) is 3.95. The van der Waals surface area contributed by atoms with Gasteiger partial charge in [-0.15, -0.1) is 23.1 Å². The standard InChI is InChI=1S/C18H15NO3S2/c20-16(15-9-5-11-23-15)18(19-17(21)14-8-4-10-22-14)24-12-13-6-2-1-3-7-13/h1-11,18H,12H2,(H,19,21)/t18-/m0/s1. The topological polar surface area (TPSA) is 59.3 Å². The maximum absolute atomic E-state index is 12.7. The van der Waals surface area contributed by atoms with Crippen LogP contribution in [0.5, 0.6) is 0 Å². The average molecular weight is 357 g/mol. The molecule has 0 fully saturated rings. The van der Waals surface area contributed by atoms with Crippen LogP contribution in [0.25, 0.3) is 0 Å². The van der Waals surface area contributed by atoms with E-state index in [1.807, 2.05) is 41.8 Å². The molecule has 4 nitrogen and oxygen atoms in total. The third-order valence-electron chi connectivity index (χ3n) is 3.27. The third-order valence-corrected chi connectivity index (χ3v) is 5.32. The largest absolute Gasteiger partial charge is 0.459 e. The summed E-state index contributed by atoms with van der Waals surface area (Å²) in [5.41, 5.74) is 1.10. The van der Waals surface area contributed by atoms with Gasteiger partial charge in [-0.3, -0.25) is 9.59 Å². The lowest BCUT2D eigenvalue weighted by molar-refractivity contribution is 0.0875. The van der Waals surface area contributed by atoms with Crippen molar-refractivity contribution in [1.29, 1.82) is 0 Å². The maximum atomic E-state index is 12.7. The lowest BCUT2D eigenvalue weighted by atomic mass is 10.2. The van der Waals surface area contributed by atoms with E-state index in [0.29, 0.717) is 10.6 Å². The predicted octanol–water partition coefficient (Wildman–Crippen LogP) is 4.21. The zero-order chi connectivity index (χ0) is 16.8. The summed E-state index contributed by atoms with van der Waals surface area (Å²) < 4.78 is 5.10. The van der Waals surface area contributed by atoms with Crippen molar-refractivity contribution in [1.82, 2.24) is 5.32 Å². The van der Waals surface area contributed by atoms with Crippen LogP contribution in [0.3, 0.4) is 0 Å². The molecule has 0 aliphatic rings. The number of furan rings is 1. The third kappa shape index (κ3) is 4.15. The Labute approximate surface area is 147 Å². The van der Waals surface area contributed by atoms with Gasteiger partial charge in [0.05, 0.1) is 11.1 Å². The summed E-state index contributed by atoms with van der Waals surface area (Å²) in [6.07, 6.45) is 1.43. The minimum absolute atomic E-state index is 0.106. The molecule has 0 aliphatic heterocycles. The van der Waals surface area contributed by atoms with Crippen LogP contribution >= 0.6 is 23.1 Å². The second-order valence-corrected chi connectivity index (χ2v) is 7.01. The fourth-order valence-corrected chi connectivity index (χ4v) is 3.87. The van der Waals surface area contributed by atoms with Crippen LogP contribution in [0.4, 0.5) is 0 Å². The van der Waals surface area contributed by atoms with E-state index in [9.17, 15) is 9.59 Å². The van der Waals surface area contributed by atoms with Gasteiger partial charge in [-0.05, 0) is 29.1 Å². The number of benzene rings is 1. The predicted molar refractivity (Wildman–Crippen MR) is 96.3 cm³/mol.